The number of ether oxygens (including phenoxy) is 1. The van der Waals surface area contributed by atoms with Crippen molar-refractivity contribution >= 4 is 17.5 Å². The first-order chi connectivity index (χ1) is 9.69. The topological polar surface area (TPSA) is 58.8 Å². The van der Waals surface area contributed by atoms with Crippen molar-refractivity contribution in [2.24, 2.45) is 5.73 Å². The molecule has 0 saturated carbocycles. The second-order valence-electron chi connectivity index (χ2n) is 5.18. The van der Waals surface area contributed by atoms with Crippen molar-refractivity contribution in [3.05, 3.63) is 24.0 Å². The van der Waals surface area contributed by atoms with Crippen LogP contribution in [0.1, 0.15) is 12.8 Å². The molecule has 6 heteroatoms. The van der Waals surface area contributed by atoms with Crippen molar-refractivity contribution in [3.8, 4) is 0 Å². The van der Waals surface area contributed by atoms with Gasteiger partial charge in [0.15, 0.2) is 0 Å². The Morgan fingerprint density at radius 2 is 2.10 bits per heavy atom. The van der Waals surface area contributed by atoms with E-state index in [-0.39, 0.29) is 18.5 Å². The predicted molar refractivity (Wildman–Crippen MR) is 74.5 cm³/mol. The molecule has 1 aromatic rings. The minimum atomic E-state index is -0.464. The molecule has 108 valence electrons. The maximum atomic E-state index is 14.2. The number of halogens is 1. The molecule has 2 heterocycles. The summed E-state index contributed by atoms with van der Waals surface area (Å²) in [5.41, 5.74) is 6.61. The predicted octanol–water partition coefficient (Wildman–Crippen LogP) is 1.71. The molecule has 1 atom stereocenters. The van der Waals surface area contributed by atoms with Gasteiger partial charge in [-0.15, -0.1) is 0 Å². The van der Waals surface area contributed by atoms with E-state index in [1.807, 2.05) is 4.90 Å². The smallest absolute Gasteiger partial charge is 0.414 e. The van der Waals surface area contributed by atoms with E-state index < -0.39 is 6.09 Å². The molecule has 20 heavy (non-hydrogen) atoms. The van der Waals surface area contributed by atoms with Crippen molar-refractivity contribution in [1.82, 2.24) is 0 Å². The molecule has 2 N–H and O–H groups in total. The normalized spacial score (nSPS) is 22.5. The van der Waals surface area contributed by atoms with Crippen LogP contribution in [0, 0.1) is 5.82 Å². The molecule has 0 radical (unpaired) electrons. The van der Waals surface area contributed by atoms with E-state index in [9.17, 15) is 9.18 Å². The zero-order valence-corrected chi connectivity index (χ0v) is 11.2. The van der Waals surface area contributed by atoms with Crippen molar-refractivity contribution in [3.63, 3.8) is 0 Å². The summed E-state index contributed by atoms with van der Waals surface area (Å²) in [7, 11) is 0. The summed E-state index contributed by atoms with van der Waals surface area (Å²) >= 11 is 0. The minimum absolute atomic E-state index is 0.274. The Balaban J connectivity index is 1.81. The van der Waals surface area contributed by atoms with Crippen molar-refractivity contribution < 1.29 is 13.9 Å². The molecule has 0 spiro atoms. The molecule has 2 saturated heterocycles. The highest BCUT2D eigenvalue weighted by atomic mass is 19.1. The van der Waals surface area contributed by atoms with Gasteiger partial charge in [-0.3, -0.25) is 4.90 Å². The van der Waals surface area contributed by atoms with Crippen LogP contribution in [0.5, 0.6) is 0 Å². The maximum absolute atomic E-state index is 14.2. The van der Waals surface area contributed by atoms with Gasteiger partial charge in [-0.05, 0) is 31.0 Å². The number of amides is 1. The van der Waals surface area contributed by atoms with Gasteiger partial charge < -0.3 is 15.4 Å². The van der Waals surface area contributed by atoms with Crippen LogP contribution in [0.3, 0.4) is 0 Å². The summed E-state index contributed by atoms with van der Waals surface area (Å²) in [5.74, 6) is -0.298. The lowest BCUT2D eigenvalue weighted by atomic mass is 10.2. The number of anilines is 2. The number of benzene rings is 1. The van der Waals surface area contributed by atoms with E-state index in [0.717, 1.165) is 25.9 Å². The summed E-state index contributed by atoms with van der Waals surface area (Å²) < 4.78 is 19.3. The van der Waals surface area contributed by atoms with Gasteiger partial charge in [0.1, 0.15) is 11.9 Å². The fraction of sp³-hybridized carbons (Fsp3) is 0.500. The molecule has 2 fully saturated rings. The first-order valence-electron chi connectivity index (χ1n) is 6.92. The highest BCUT2D eigenvalue weighted by Gasteiger charge is 2.32. The van der Waals surface area contributed by atoms with E-state index >= 15 is 0 Å². The van der Waals surface area contributed by atoms with Gasteiger partial charge in [0.2, 0.25) is 0 Å². The van der Waals surface area contributed by atoms with Crippen LogP contribution in [0.4, 0.5) is 20.6 Å². The van der Waals surface area contributed by atoms with E-state index in [4.69, 9.17) is 10.5 Å². The second-order valence-corrected chi connectivity index (χ2v) is 5.18. The zero-order chi connectivity index (χ0) is 14.1. The van der Waals surface area contributed by atoms with Crippen LogP contribution in [0.25, 0.3) is 0 Å². The molecule has 3 rings (SSSR count). The lowest BCUT2D eigenvalue weighted by Gasteiger charge is -2.20. The highest BCUT2D eigenvalue weighted by molar-refractivity contribution is 5.90. The molecule has 2 aliphatic rings. The van der Waals surface area contributed by atoms with Gasteiger partial charge in [-0.2, -0.15) is 0 Å². The summed E-state index contributed by atoms with van der Waals surface area (Å²) in [4.78, 5) is 15.2. The molecule has 0 bridgehead atoms. The van der Waals surface area contributed by atoms with E-state index in [1.54, 1.807) is 12.1 Å². The average molecular weight is 279 g/mol. The third-order valence-corrected chi connectivity index (χ3v) is 3.83. The van der Waals surface area contributed by atoms with Crippen molar-refractivity contribution in [1.29, 1.82) is 0 Å². The Morgan fingerprint density at radius 1 is 1.35 bits per heavy atom. The number of nitrogens with zero attached hydrogens (tertiary/aromatic N) is 2. The Kier molecular flexibility index (Phi) is 3.48. The Morgan fingerprint density at radius 3 is 2.70 bits per heavy atom. The fourth-order valence-corrected chi connectivity index (χ4v) is 2.73. The summed E-state index contributed by atoms with van der Waals surface area (Å²) in [5, 5.41) is 0. The van der Waals surface area contributed by atoms with E-state index in [1.165, 1.54) is 11.0 Å². The second kappa shape index (κ2) is 5.28. The van der Waals surface area contributed by atoms with Crippen LogP contribution >= 0.6 is 0 Å². The van der Waals surface area contributed by atoms with Gasteiger partial charge in [-0.1, -0.05) is 0 Å². The first-order valence-corrected chi connectivity index (χ1v) is 6.92. The number of nitrogens with two attached hydrogens (primary N) is 1. The van der Waals surface area contributed by atoms with E-state index in [2.05, 4.69) is 0 Å². The van der Waals surface area contributed by atoms with Crippen LogP contribution in [-0.4, -0.2) is 38.4 Å². The number of hydrogen-bond acceptors (Lipinski definition) is 4. The highest BCUT2D eigenvalue weighted by Crippen LogP contribution is 2.29. The molecule has 0 unspecified atom stereocenters. The van der Waals surface area contributed by atoms with Gasteiger partial charge in [0, 0.05) is 19.6 Å². The van der Waals surface area contributed by atoms with Gasteiger partial charge in [0.05, 0.1) is 17.9 Å². The third-order valence-electron chi connectivity index (χ3n) is 3.83. The number of rotatable bonds is 3. The summed E-state index contributed by atoms with van der Waals surface area (Å²) in [6.07, 6.45) is 1.41. The number of cyclic esters (lactones) is 1. The Bertz CT molecular complexity index is 517. The van der Waals surface area contributed by atoms with Crippen LogP contribution in [0.15, 0.2) is 18.2 Å². The van der Waals surface area contributed by atoms with Crippen molar-refractivity contribution in [2.45, 2.75) is 18.9 Å². The Labute approximate surface area is 117 Å². The molecule has 0 aromatic heterocycles. The number of carbonyl (C=O) groups is 1. The lowest BCUT2D eigenvalue weighted by molar-refractivity contribution is 0.145. The summed E-state index contributed by atoms with van der Waals surface area (Å²) in [6.45, 7) is 2.42. The standard InChI is InChI=1S/C14H18FN3O2/c15-12-7-10(18-9-11(8-16)20-14(18)19)3-4-13(12)17-5-1-2-6-17/h3-4,7,11H,1-2,5-6,8-9,16H2/t11-/m0/s1. The van der Waals surface area contributed by atoms with Gasteiger partial charge in [0.25, 0.3) is 0 Å². The molecule has 1 amide bonds. The Hall–Kier alpha value is -1.82. The third kappa shape index (κ3) is 2.31. The number of carbonyl (C=O) groups excluding carboxylic acids is 1. The molecule has 0 aliphatic carbocycles. The molecule has 1 aromatic carbocycles. The molecular formula is C14H18FN3O2. The van der Waals surface area contributed by atoms with Gasteiger partial charge >= 0.3 is 6.09 Å². The average Bonchev–Trinajstić information content (AvgIpc) is 3.07. The van der Waals surface area contributed by atoms with Gasteiger partial charge in [-0.25, -0.2) is 9.18 Å². The summed E-state index contributed by atoms with van der Waals surface area (Å²) in [6, 6.07) is 4.89. The molecule has 5 nitrogen and oxygen atoms in total. The quantitative estimate of drug-likeness (QED) is 0.915. The first kappa shape index (κ1) is 13.2. The zero-order valence-electron chi connectivity index (χ0n) is 11.2. The SMILES string of the molecule is NC[C@H]1CN(c2ccc(N3CCCC3)c(F)c2)C(=O)O1. The van der Waals surface area contributed by atoms with Crippen LogP contribution in [0.2, 0.25) is 0 Å². The van der Waals surface area contributed by atoms with Crippen molar-refractivity contribution in [2.75, 3.05) is 36.0 Å². The monoisotopic (exact) mass is 279 g/mol. The van der Waals surface area contributed by atoms with E-state index in [0.29, 0.717) is 17.9 Å². The lowest BCUT2D eigenvalue weighted by Crippen LogP contribution is -2.27. The molecular weight excluding hydrogens is 261 g/mol. The fourth-order valence-electron chi connectivity index (χ4n) is 2.73. The maximum Gasteiger partial charge on any atom is 0.414 e. The van der Waals surface area contributed by atoms with Crippen LogP contribution in [-0.2, 0) is 4.74 Å². The molecule has 2 aliphatic heterocycles. The minimum Gasteiger partial charge on any atom is -0.443 e. The largest absolute Gasteiger partial charge is 0.443 e. The number of hydrogen-bond donors (Lipinski definition) is 1. The van der Waals surface area contributed by atoms with Crippen LogP contribution < -0.4 is 15.5 Å².